The highest BCUT2D eigenvalue weighted by atomic mass is 16.3. The molecule has 0 aliphatic carbocycles. The lowest BCUT2D eigenvalue weighted by Crippen LogP contribution is -2.30. The molecule has 0 spiro atoms. The van der Waals surface area contributed by atoms with Crippen LogP contribution in [0.1, 0.15) is 23.7 Å². The molecule has 1 aliphatic heterocycles. The second-order valence-electron chi connectivity index (χ2n) is 5.29. The van der Waals surface area contributed by atoms with Gasteiger partial charge in [0.1, 0.15) is 0 Å². The lowest BCUT2D eigenvalue weighted by molar-refractivity contribution is 0.0764. The molecule has 2 heterocycles. The van der Waals surface area contributed by atoms with Crippen LogP contribution in [-0.2, 0) is 0 Å². The molecule has 2 atom stereocenters. The normalized spacial score (nSPS) is 20.9. The molecule has 1 saturated heterocycles. The predicted molar refractivity (Wildman–Crippen MR) is 74.0 cm³/mol. The molecule has 100 valence electrons. The Labute approximate surface area is 112 Å². The van der Waals surface area contributed by atoms with Gasteiger partial charge in [0.05, 0.1) is 11.7 Å². The summed E-state index contributed by atoms with van der Waals surface area (Å²) in [7, 11) is 0. The van der Waals surface area contributed by atoms with Crippen molar-refractivity contribution in [1.82, 2.24) is 9.88 Å². The third-order valence-electron chi connectivity index (χ3n) is 4.01. The van der Waals surface area contributed by atoms with Crippen LogP contribution in [0.3, 0.4) is 0 Å². The summed E-state index contributed by atoms with van der Waals surface area (Å²) in [4.78, 5) is 17.5. The highest BCUT2D eigenvalue weighted by Crippen LogP contribution is 2.24. The Morgan fingerprint density at radius 2 is 2.26 bits per heavy atom. The van der Waals surface area contributed by atoms with Crippen LogP contribution in [0.2, 0.25) is 0 Å². The minimum Gasteiger partial charge on any atom is -0.393 e. The average molecular weight is 258 g/mol. The lowest BCUT2D eigenvalue weighted by Gasteiger charge is -2.17. The third-order valence-corrected chi connectivity index (χ3v) is 4.01. The second-order valence-corrected chi connectivity index (χ2v) is 5.29. The molecule has 2 aromatic rings. The van der Waals surface area contributed by atoms with Crippen LogP contribution >= 0.6 is 0 Å². The van der Waals surface area contributed by atoms with Crippen molar-refractivity contribution in [2.45, 2.75) is 19.4 Å². The van der Waals surface area contributed by atoms with Crippen molar-refractivity contribution in [3.63, 3.8) is 0 Å². The van der Waals surface area contributed by atoms with Crippen molar-refractivity contribution in [1.29, 1.82) is 0 Å². The standard InChI is InChI=1S/C15H18N2O2/c1-10(18)11-6-7-17(9-11)15(19)13-8-16-14-5-3-2-4-12(13)14/h2-5,8,10-11,16,18H,6-7,9H2,1H3. The number of aromatic nitrogens is 1. The number of hydrogen-bond acceptors (Lipinski definition) is 2. The number of H-pyrrole nitrogens is 1. The van der Waals surface area contributed by atoms with E-state index in [1.54, 1.807) is 13.1 Å². The van der Waals surface area contributed by atoms with Crippen LogP contribution in [0.5, 0.6) is 0 Å². The maximum absolute atomic E-state index is 12.5. The maximum atomic E-state index is 12.5. The van der Waals surface area contributed by atoms with Crippen molar-refractivity contribution in [3.05, 3.63) is 36.0 Å². The summed E-state index contributed by atoms with van der Waals surface area (Å²) in [6.07, 6.45) is 2.31. The zero-order valence-electron chi connectivity index (χ0n) is 11.0. The Bertz CT molecular complexity index is 603. The molecule has 2 N–H and O–H groups in total. The molecular formula is C15H18N2O2. The number of hydrogen-bond donors (Lipinski definition) is 2. The van der Waals surface area contributed by atoms with Gasteiger partial charge in [-0.2, -0.15) is 0 Å². The number of carbonyl (C=O) groups excluding carboxylic acids is 1. The average Bonchev–Trinajstić information content (AvgIpc) is 3.05. The quantitative estimate of drug-likeness (QED) is 0.865. The van der Waals surface area contributed by atoms with Crippen LogP contribution < -0.4 is 0 Å². The van der Waals surface area contributed by atoms with E-state index in [1.165, 1.54) is 0 Å². The molecule has 3 rings (SSSR count). The number of rotatable bonds is 2. The zero-order chi connectivity index (χ0) is 13.4. The van der Waals surface area contributed by atoms with Gasteiger partial charge in [-0.15, -0.1) is 0 Å². The minimum atomic E-state index is -0.347. The first-order valence-corrected chi connectivity index (χ1v) is 6.70. The van der Waals surface area contributed by atoms with E-state index in [2.05, 4.69) is 4.98 Å². The number of aromatic amines is 1. The zero-order valence-corrected chi connectivity index (χ0v) is 11.0. The van der Waals surface area contributed by atoms with Crippen LogP contribution in [0.4, 0.5) is 0 Å². The van der Waals surface area contributed by atoms with Gasteiger partial charge in [0.25, 0.3) is 5.91 Å². The summed E-state index contributed by atoms with van der Waals surface area (Å²) in [5.74, 6) is 0.259. The second kappa shape index (κ2) is 4.70. The van der Waals surface area contributed by atoms with Gasteiger partial charge in [0.2, 0.25) is 0 Å². The van der Waals surface area contributed by atoms with Gasteiger partial charge in [-0.3, -0.25) is 4.79 Å². The van der Waals surface area contributed by atoms with Gasteiger partial charge in [0.15, 0.2) is 0 Å². The molecule has 0 bridgehead atoms. The van der Waals surface area contributed by atoms with Crippen LogP contribution in [0.25, 0.3) is 10.9 Å². The van der Waals surface area contributed by atoms with Gasteiger partial charge in [-0.25, -0.2) is 0 Å². The molecular weight excluding hydrogens is 240 g/mol. The molecule has 1 fully saturated rings. The smallest absolute Gasteiger partial charge is 0.256 e. The Morgan fingerprint density at radius 3 is 3.00 bits per heavy atom. The molecule has 1 aromatic carbocycles. The molecule has 1 aromatic heterocycles. The molecule has 0 saturated carbocycles. The maximum Gasteiger partial charge on any atom is 0.256 e. The van der Waals surface area contributed by atoms with E-state index in [-0.39, 0.29) is 17.9 Å². The van der Waals surface area contributed by atoms with Gasteiger partial charge in [0, 0.05) is 36.1 Å². The number of nitrogens with one attached hydrogen (secondary N) is 1. The molecule has 4 nitrogen and oxygen atoms in total. The number of likely N-dealkylation sites (tertiary alicyclic amines) is 1. The number of benzene rings is 1. The molecule has 2 unspecified atom stereocenters. The Balaban J connectivity index is 1.85. The first kappa shape index (κ1) is 12.2. The number of aliphatic hydroxyl groups excluding tert-OH is 1. The molecule has 19 heavy (non-hydrogen) atoms. The van der Waals surface area contributed by atoms with Crippen molar-refractivity contribution < 1.29 is 9.90 Å². The topological polar surface area (TPSA) is 56.3 Å². The monoisotopic (exact) mass is 258 g/mol. The van der Waals surface area contributed by atoms with Crippen LogP contribution in [0, 0.1) is 5.92 Å². The van der Waals surface area contributed by atoms with Crippen molar-refractivity contribution in [2.75, 3.05) is 13.1 Å². The van der Waals surface area contributed by atoms with E-state index in [0.29, 0.717) is 6.54 Å². The van der Waals surface area contributed by atoms with Gasteiger partial charge >= 0.3 is 0 Å². The first-order valence-electron chi connectivity index (χ1n) is 6.70. The number of amides is 1. The number of para-hydroxylation sites is 1. The predicted octanol–water partition coefficient (Wildman–Crippen LogP) is 2.01. The summed E-state index contributed by atoms with van der Waals surface area (Å²) in [6, 6.07) is 7.82. The lowest BCUT2D eigenvalue weighted by atomic mass is 10.0. The van der Waals surface area contributed by atoms with E-state index in [4.69, 9.17) is 0 Å². The fourth-order valence-corrected chi connectivity index (χ4v) is 2.78. The Hall–Kier alpha value is -1.81. The van der Waals surface area contributed by atoms with Crippen LogP contribution in [-0.4, -0.2) is 40.1 Å². The van der Waals surface area contributed by atoms with E-state index < -0.39 is 0 Å². The van der Waals surface area contributed by atoms with E-state index in [1.807, 2.05) is 29.2 Å². The van der Waals surface area contributed by atoms with Gasteiger partial charge in [-0.05, 0) is 19.4 Å². The SMILES string of the molecule is CC(O)C1CCN(C(=O)c2c[nH]c3ccccc23)C1. The first-order chi connectivity index (χ1) is 9.16. The fourth-order valence-electron chi connectivity index (χ4n) is 2.78. The van der Waals surface area contributed by atoms with Crippen molar-refractivity contribution >= 4 is 16.8 Å². The number of fused-ring (bicyclic) bond motifs is 1. The van der Waals surface area contributed by atoms with E-state index in [0.717, 1.165) is 29.4 Å². The molecule has 1 amide bonds. The highest BCUT2D eigenvalue weighted by Gasteiger charge is 2.30. The third kappa shape index (κ3) is 2.12. The minimum absolute atomic E-state index is 0.0561. The summed E-state index contributed by atoms with van der Waals surface area (Å²) >= 11 is 0. The molecule has 4 heteroatoms. The van der Waals surface area contributed by atoms with E-state index >= 15 is 0 Å². The summed E-state index contributed by atoms with van der Waals surface area (Å²) in [5.41, 5.74) is 1.71. The Morgan fingerprint density at radius 1 is 1.47 bits per heavy atom. The van der Waals surface area contributed by atoms with Crippen LogP contribution in [0.15, 0.2) is 30.5 Å². The highest BCUT2D eigenvalue weighted by molar-refractivity contribution is 6.06. The number of carbonyl (C=O) groups is 1. The Kier molecular flexibility index (Phi) is 3.03. The number of aliphatic hydroxyl groups is 1. The number of nitrogens with zero attached hydrogens (tertiary/aromatic N) is 1. The summed E-state index contributed by atoms with van der Waals surface area (Å²) in [6.45, 7) is 3.17. The summed E-state index contributed by atoms with van der Waals surface area (Å²) in [5, 5.41) is 10.6. The van der Waals surface area contributed by atoms with Gasteiger partial charge < -0.3 is 15.0 Å². The van der Waals surface area contributed by atoms with E-state index in [9.17, 15) is 9.90 Å². The summed E-state index contributed by atoms with van der Waals surface area (Å²) < 4.78 is 0. The fraction of sp³-hybridized carbons (Fsp3) is 0.400. The van der Waals surface area contributed by atoms with Crippen molar-refractivity contribution in [3.8, 4) is 0 Å². The van der Waals surface area contributed by atoms with Crippen molar-refractivity contribution in [2.24, 2.45) is 5.92 Å². The van der Waals surface area contributed by atoms with Gasteiger partial charge in [-0.1, -0.05) is 18.2 Å². The largest absolute Gasteiger partial charge is 0.393 e. The molecule has 0 radical (unpaired) electrons. The molecule has 1 aliphatic rings.